The van der Waals surface area contributed by atoms with Gasteiger partial charge in [-0.05, 0) is 25.3 Å². The molecule has 2 aliphatic rings. The second-order valence-corrected chi connectivity index (χ2v) is 6.94. The van der Waals surface area contributed by atoms with Crippen LogP contribution >= 0.6 is 11.3 Å². The highest BCUT2D eigenvalue weighted by molar-refractivity contribution is 7.12. The van der Waals surface area contributed by atoms with Gasteiger partial charge >= 0.3 is 6.09 Å². The SMILES string of the molecule is CCOC(=O)N1CCN(C(=O)[C@]2(C)CC(c3cccs3)=NO2)CC1. The molecule has 8 heteroatoms. The molecular weight excluding hydrogens is 330 g/mol. The van der Waals surface area contributed by atoms with E-state index in [0.717, 1.165) is 10.6 Å². The van der Waals surface area contributed by atoms with Crippen LogP contribution in [0.3, 0.4) is 0 Å². The standard InChI is InChI=1S/C16H21N3O4S/c1-3-22-15(21)19-8-6-18(7-9-19)14(20)16(2)11-12(17-23-16)13-5-4-10-24-13/h4-5,10H,3,6-9,11H2,1-2H3/t16-/m0/s1. The third-order valence-electron chi connectivity index (χ3n) is 4.21. The minimum absolute atomic E-state index is 0.0821. The fourth-order valence-corrected chi connectivity index (χ4v) is 3.58. The molecule has 7 nitrogen and oxygen atoms in total. The van der Waals surface area contributed by atoms with Gasteiger partial charge in [0.15, 0.2) is 0 Å². The fourth-order valence-electron chi connectivity index (χ4n) is 2.87. The van der Waals surface area contributed by atoms with E-state index < -0.39 is 5.60 Å². The van der Waals surface area contributed by atoms with Crippen molar-refractivity contribution in [3.63, 3.8) is 0 Å². The summed E-state index contributed by atoms with van der Waals surface area (Å²) in [5.41, 5.74) is -0.156. The van der Waals surface area contributed by atoms with E-state index in [0.29, 0.717) is 39.2 Å². The van der Waals surface area contributed by atoms with Crippen LogP contribution in [0.2, 0.25) is 0 Å². The Bertz CT molecular complexity index is 638. The monoisotopic (exact) mass is 351 g/mol. The number of ether oxygens (including phenoxy) is 1. The first-order chi connectivity index (χ1) is 11.5. The summed E-state index contributed by atoms with van der Waals surface area (Å²) in [7, 11) is 0. The average Bonchev–Trinajstić information content (AvgIpc) is 3.25. The highest BCUT2D eigenvalue weighted by Crippen LogP contribution is 2.30. The van der Waals surface area contributed by atoms with E-state index in [1.54, 1.807) is 35.0 Å². The minimum Gasteiger partial charge on any atom is -0.450 e. The Morgan fingerprint density at radius 1 is 1.33 bits per heavy atom. The first-order valence-corrected chi connectivity index (χ1v) is 8.91. The molecule has 0 N–H and O–H groups in total. The lowest BCUT2D eigenvalue weighted by Gasteiger charge is -2.37. The van der Waals surface area contributed by atoms with Gasteiger partial charge in [-0.2, -0.15) is 0 Å². The Labute approximate surface area is 144 Å². The van der Waals surface area contributed by atoms with Gasteiger partial charge < -0.3 is 19.4 Å². The molecule has 0 aromatic carbocycles. The Morgan fingerprint density at radius 3 is 2.67 bits per heavy atom. The topological polar surface area (TPSA) is 71.4 Å². The van der Waals surface area contributed by atoms with Gasteiger partial charge in [-0.1, -0.05) is 11.2 Å². The number of carbonyl (C=O) groups is 2. The van der Waals surface area contributed by atoms with Crippen LogP contribution in [0.25, 0.3) is 0 Å². The lowest BCUT2D eigenvalue weighted by atomic mass is 9.97. The zero-order chi connectivity index (χ0) is 17.2. The molecule has 1 aromatic heterocycles. The van der Waals surface area contributed by atoms with E-state index in [-0.39, 0.29) is 12.0 Å². The number of thiophene rings is 1. The van der Waals surface area contributed by atoms with Crippen molar-refractivity contribution >= 4 is 29.0 Å². The molecule has 2 amide bonds. The third-order valence-corrected chi connectivity index (χ3v) is 5.13. The summed E-state index contributed by atoms with van der Waals surface area (Å²) in [5, 5.41) is 6.09. The van der Waals surface area contributed by atoms with E-state index in [2.05, 4.69) is 5.16 Å². The second kappa shape index (κ2) is 6.80. The fraction of sp³-hybridized carbons (Fsp3) is 0.562. The zero-order valence-electron chi connectivity index (χ0n) is 13.9. The van der Waals surface area contributed by atoms with Crippen LogP contribution in [0.4, 0.5) is 4.79 Å². The van der Waals surface area contributed by atoms with E-state index in [9.17, 15) is 9.59 Å². The van der Waals surface area contributed by atoms with Crippen molar-refractivity contribution in [2.24, 2.45) is 5.16 Å². The first kappa shape index (κ1) is 16.8. The Hall–Kier alpha value is -2.09. The molecule has 1 atom stereocenters. The molecule has 0 unspecified atom stereocenters. The van der Waals surface area contributed by atoms with Gasteiger partial charge in [0.1, 0.15) is 5.71 Å². The predicted octanol–water partition coefficient (Wildman–Crippen LogP) is 1.93. The summed E-state index contributed by atoms with van der Waals surface area (Å²) in [5.74, 6) is -0.0821. The smallest absolute Gasteiger partial charge is 0.409 e. The Kier molecular flexibility index (Phi) is 4.75. The molecule has 0 aliphatic carbocycles. The lowest BCUT2D eigenvalue weighted by Crippen LogP contribution is -2.56. The molecular formula is C16H21N3O4S. The summed E-state index contributed by atoms with van der Waals surface area (Å²) in [6.07, 6.45) is 0.140. The van der Waals surface area contributed by atoms with Crippen molar-refractivity contribution in [3.05, 3.63) is 22.4 Å². The lowest BCUT2D eigenvalue weighted by molar-refractivity contribution is -0.154. The molecule has 0 saturated carbocycles. The van der Waals surface area contributed by atoms with Crippen molar-refractivity contribution in [2.75, 3.05) is 32.8 Å². The molecule has 2 aliphatic heterocycles. The number of rotatable bonds is 3. The van der Waals surface area contributed by atoms with Gasteiger partial charge in [0, 0.05) is 32.6 Å². The van der Waals surface area contributed by atoms with E-state index in [1.807, 2.05) is 17.5 Å². The Balaban J connectivity index is 1.57. The van der Waals surface area contributed by atoms with Crippen molar-refractivity contribution in [3.8, 4) is 0 Å². The number of oxime groups is 1. The van der Waals surface area contributed by atoms with Crippen molar-refractivity contribution in [1.82, 2.24) is 9.80 Å². The third kappa shape index (κ3) is 3.24. The highest BCUT2D eigenvalue weighted by atomic mass is 32.1. The number of carbonyl (C=O) groups excluding carboxylic acids is 2. The number of nitrogens with zero attached hydrogens (tertiary/aromatic N) is 3. The molecule has 3 heterocycles. The summed E-state index contributed by atoms with van der Waals surface area (Å²) in [4.78, 5) is 34.5. The summed E-state index contributed by atoms with van der Waals surface area (Å²) < 4.78 is 4.99. The zero-order valence-corrected chi connectivity index (χ0v) is 14.7. The second-order valence-electron chi connectivity index (χ2n) is 5.99. The predicted molar refractivity (Wildman–Crippen MR) is 90.1 cm³/mol. The van der Waals surface area contributed by atoms with Crippen LogP contribution in [0.5, 0.6) is 0 Å². The van der Waals surface area contributed by atoms with E-state index in [4.69, 9.17) is 9.57 Å². The molecule has 0 spiro atoms. The highest BCUT2D eigenvalue weighted by Gasteiger charge is 2.45. The van der Waals surface area contributed by atoms with Gasteiger partial charge in [0.2, 0.25) is 5.60 Å². The van der Waals surface area contributed by atoms with Gasteiger partial charge in [-0.25, -0.2) is 4.79 Å². The van der Waals surface area contributed by atoms with E-state index >= 15 is 0 Å². The number of piperazine rings is 1. The number of hydrogen-bond donors (Lipinski definition) is 0. The normalized spacial score (nSPS) is 23.7. The summed E-state index contributed by atoms with van der Waals surface area (Å²) in [6, 6.07) is 3.93. The van der Waals surface area contributed by atoms with Gasteiger partial charge in [0.25, 0.3) is 5.91 Å². The summed E-state index contributed by atoms with van der Waals surface area (Å²) >= 11 is 1.58. The van der Waals surface area contributed by atoms with Crippen LogP contribution in [-0.4, -0.2) is 65.9 Å². The largest absolute Gasteiger partial charge is 0.450 e. The molecule has 3 rings (SSSR count). The maximum Gasteiger partial charge on any atom is 0.409 e. The molecule has 0 bridgehead atoms. The quantitative estimate of drug-likeness (QED) is 0.834. The van der Waals surface area contributed by atoms with Crippen LogP contribution in [-0.2, 0) is 14.4 Å². The molecule has 130 valence electrons. The van der Waals surface area contributed by atoms with Crippen molar-refractivity contribution in [1.29, 1.82) is 0 Å². The van der Waals surface area contributed by atoms with E-state index in [1.165, 1.54) is 0 Å². The molecule has 1 saturated heterocycles. The van der Waals surface area contributed by atoms with Gasteiger partial charge in [0.05, 0.1) is 11.5 Å². The molecule has 24 heavy (non-hydrogen) atoms. The maximum absolute atomic E-state index is 12.8. The summed E-state index contributed by atoms with van der Waals surface area (Å²) in [6.45, 7) is 5.81. The van der Waals surface area contributed by atoms with Crippen LogP contribution in [0.15, 0.2) is 22.7 Å². The first-order valence-electron chi connectivity index (χ1n) is 8.03. The van der Waals surface area contributed by atoms with Crippen LogP contribution < -0.4 is 0 Å². The number of hydrogen-bond acceptors (Lipinski definition) is 6. The van der Waals surface area contributed by atoms with Crippen LogP contribution in [0, 0.1) is 0 Å². The van der Waals surface area contributed by atoms with Crippen LogP contribution in [0.1, 0.15) is 25.1 Å². The van der Waals surface area contributed by atoms with Gasteiger partial charge in [-0.3, -0.25) is 4.79 Å². The maximum atomic E-state index is 12.8. The number of amides is 2. The molecule has 1 fully saturated rings. The van der Waals surface area contributed by atoms with Crippen molar-refractivity contribution in [2.45, 2.75) is 25.9 Å². The Morgan fingerprint density at radius 2 is 2.04 bits per heavy atom. The van der Waals surface area contributed by atoms with Gasteiger partial charge in [-0.15, -0.1) is 11.3 Å². The molecule has 0 radical (unpaired) electrons. The van der Waals surface area contributed by atoms with Crippen molar-refractivity contribution < 1.29 is 19.2 Å². The molecule has 1 aromatic rings. The average molecular weight is 351 g/mol. The minimum atomic E-state index is -0.967.